The molecule has 0 bridgehead atoms. The van der Waals surface area contributed by atoms with Crippen molar-refractivity contribution in [2.75, 3.05) is 0 Å². The summed E-state index contributed by atoms with van der Waals surface area (Å²) >= 11 is 5.78. The first-order valence-corrected chi connectivity index (χ1v) is 7.23. The van der Waals surface area contributed by atoms with Gasteiger partial charge >= 0.3 is 0 Å². The fraction of sp³-hybridized carbons (Fsp3) is 0.278. The smallest absolute Gasteiger partial charge is 0.225 e. The Hall–Kier alpha value is -1.60. The second-order valence-corrected chi connectivity index (χ2v) is 5.76. The Kier molecular flexibility index (Phi) is 4.97. The summed E-state index contributed by atoms with van der Waals surface area (Å²) in [5.41, 5.74) is 4.74. The lowest BCUT2D eigenvalue weighted by Crippen LogP contribution is -2.15. The van der Waals surface area contributed by atoms with Gasteiger partial charge < -0.3 is 0 Å². The molecule has 0 aromatic heterocycles. The fourth-order valence-electron chi connectivity index (χ4n) is 2.48. The van der Waals surface area contributed by atoms with Gasteiger partial charge in [0.05, 0.1) is 0 Å². The van der Waals surface area contributed by atoms with E-state index in [4.69, 9.17) is 11.6 Å². The van der Waals surface area contributed by atoms with Crippen LogP contribution in [0.5, 0.6) is 0 Å². The number of hydrogen-bond donors (Lipinski definition) is 0. The standard InChI is InChI=1S/C18H19ClO/c1-13-5-3-7-15(9-13)11-17(18(19)20)12-16-8-4-6-14(2)10-16/h3-10,17H,11-12H2,1-2H3. The van der Waals surface area contributed by atoms with E-state index in [0.29, 0.717) is 12.8 Å². The van der Waals surface area contributed by atoms with Crippen molar-refractivity contribution in [2.24, 2.45) is 5.92 Å². The van der Waals surface area contributed by atoms with Crippen LogP contribution in [-0.4, -0.2) is 5.24 Å². The van der Waals surface area contributed by atoms with Gasteiger partial charge in [-0.2, -0.15) is 0 Å². The fourth-order valence-corrected chi connectivity index (χ4v) is 2.63. The van der Waals surface area contributed by atoms with E-state index >= 15 is 0 Å². The molecule has 2 aromatic rings. The third kappa shape index (κ3) is 4.21. The molecule has 0 radical (unpaired) electrons. The summed E-state index contributed by atoms with van der Waals surface area (Å²) in [7, 11) is 0. The van der Waals surface area contributed by atoms with Crippen molar-refractivity contribution in [1.29, 1.82) is 0 Å². The third-order valence-corrected chi connectivity index (χ3v) is 3.76. The van der Waals surface area contributed by atoms with Crippen molar-refractivity contribution in [1.82, 2.24) is 0 Å². The molecule has 0 spiro atoms. The third-order valence-electron chi connectivity index (χ3n) is 3.45. The van der Waals surface area contributed by atoms with Gasteiger partial charge in [-0.15, -0.1) is 0 Å². The number of carbonyl (C=O) groups excluding carboxylic acids is 1. The summed E-state index contributed by atoms with van der Waals surface area (Å²) in [6.07, 6.45) is 1.38. The molecule has 0 aliphatic rings. The van der Waals surface area contributed by atoms with Gasteiger partial charge in [-0.1, -0.05) is 59.7 Å². The Labute approximate surface area is 125 Å². The topological polar surface area (TPSA) is 17.1 Å². The maximum atomic E-state index is 11.7. The van der Waals surface area contributed by atoms with Crippen LogP contribution in [0.25, 0.3) is 0 Å². The van der Waals surface area contributed by atoms with Gasteiger partial charge in [0, 0.05) is 5.92 Å². The predicted octanol–water partition coefficient (Wildman–Crippen LogP) is 4.47. The molecule has 0 unspecified atom stereocenters. The summed E-state index contributed by atoms with van der Waals surface area (Å²) < 4.78 is 0. The highest BCUT2D eigenvalue weighted by Crippen LogP contribution is 2.19. The van der Waals surface area contributed by atoms with Crippen LogP contribution in [0.15, 0.2) is 48.5 Å². The number of benzene rings is 2. The van der Waals surface area contributed by atoms with Crippen LogP contribution in [0.4, 0.5) is 0 Å². The Balaban J connectivity index is 2.13. The quantitative estimate of drug-likeness (QED) is 0.741. The predicted molar refractivity (Wildman–Crippen MR) is 84.1 cm³/mol. The van der Waals surface area contributed by atoms with Crippen molar-refractivity contribution in [3.63, 3.8) is 0 Å². The molecule has 0 N–H and O–H groups in total. The first kappa shape index (κ1) is 14.8. The lowest BCUT2D eigenvalue weighted by molar-refractivity contribution is -0.115. The number of hydrogen-bond acceptors (Lipinski definition) is 1. The average Bonchev–Trinajstić information content (AvgIpc) is 2.38. The molecule has 1 nitrogen and oxygen atoms in total. The average molecular weight is 287 g/mol. The molecule has 2 heteroatoms. The van der Waals surface area contributed by atoms with Crippen LogP contribution in [-0.2, 0) is 17.6 Å². The Morgan fingerprint density at radius 2 is 1.40 bits per heavy atom. The van der Waals surface area contributed by atoms with E-state index in [2.05, 4.69) is 50.2 Å². The molecule has 0 fully saturated rings. The minimum absolute atomic E-state index is 0.166. The molecule has 0 aliphatic carbocycles. The van der Waals surface area contributed by atoms with Gasteiger partial charge in [0.15, 0.2) is 0 Å². The lowest BCUT2D eigenvalue weighted by Gasteiger charge is -2.13. The molecule has 104 valence electrons. The maximum absolute atomic E-state index is 11.7. The molecular weight excluding hydrogens is 268 g/mol. The summed E-state index contributed by atoms with van der Waals surface area (Å²) in [5, 5.41) is -0.256. The zero-order valence-corrected chi connectivity index (χ0v) is 12.7. The number of aryl methyl sites for hydroxylation is 2. The van der Waals surface area contributed by atoms with Crippen LogP contribution in [0.2, 0.25) is 0 Å². The highest BCUT2D eigenvalue weighted by atomic mass is 35.5. The first-order valence-electron chi connectivity index (χ1n) is 6.85. The second-order valence-electron chi connectivity index (χ2n) is 5.39. The van der Waals surface area contributed by atoms with Crippen LogP contribution in [0.1, 0.15) is 22.3 Å². The minimum Gasteiger partial charge on any atom is -0.281 e. The molecule has 0 aliphatic heterocycles. The van der Waals surface area contributed by atoms with E-state index < -0.39 is 0 Å². The maximum Gasteiger partial charge on any atom is 0.225 e. The summed E-state index contributed by atoms with van der Waals surface area (Å²) in [6.45, 7) is 4.11. The molecule has 2 aromatic carbocycles. The van der Waals surface area contributed by atoms with Gasteiger partial charge in [0.1, 0.15) is 0 Å². The van der Waals surface area contributed by atoms with E-state index in [1.165, 1.54) is 11.1 Å². The van der Waals surface area contributed by atoms with E-state index in [0.717, 1.165) is 11.1 Å². The molecule has 0 saturated heterocycles. The van der Waals surface area contributed by atoms with Crippen molar-refractivity contribution in [3.8, 4) is 0 Å². The van der Waals surface area contributed by atoms with E-state index in [1.807, 2.05) is 12.1 Å². The molecule has 2 rings (SSSR count). The number of halogens is 1. The van der Waals surface area contributed by atoms with Crippen LogP contribution in [0, 0.1) is 19.8 Å². The van der Waals surface area contributed by atoms with Gasteiger partial charge in [0.2, 0.25) is 5.24 Å². The SMILES string of the molecule is Cc1cccc(CC(Cc2cccc(C)c2)C(=O)Cl)c1. The highest BCUT2D eigenvalue weighted by Gasteiger charge is 2.17. The zero-order chi connectivity index (χ0) is 14.5. The number of carbonyl (C=O) groups is 1. The minimum atomic E-state index is -0.256. The molecule has 20 heavy (non-hydrogen) atoms. The Morgan fingerprint density at radius 3 is 1.75 bits per heavy atom. The van der Waals surface area contributed by atoms with Gasteiger partial charge in [-0.05, 0) is 49.4 Å². The van der Waals surface area contributed by atoms with Crippen molar-refractivity contribution >= 4 is 16.8 Å². The van der Waals surface area contributed by atoms with Crippen molar-refractivity contribution < 1.29 is 4.79 Å². The number of rotatable bonds is 5. The Morgan fingerprint density at radius 1 is 0.950 bits per heavy atom. The van der Waals surface area contributed by atoms with Crippen LogP contribution < -0.4 is 0 Å². The summed E-state index contributed by atoms with van der Waals surface area (Å²) in [5.74, 6) is -0.166. The van der Waals surface area contributed by atoms with Gasteiger partial charge in [-0.3, -0.25) is 4.79 Å². The molecule has 0 heterocycles. The molecular formula is C18H19ClO. The lowest BCUT2D eigenvalue weighted by atomic mass is 9.92. The monoisotopic (exact) mass is 286 g/mol. The van der Waals surface area contributed by atoms with Gasteiger partial charge in [0.25, 0.3) is 0 Å². The van der Waals surface area contributed by atoms with Gasteiger partial charge in [-0.25, -0.2) is 0 Å². The van der Waals surface area contributed by atoms with Crippen molar-refractivity contribution in [3.05, 3.63) is 70.8 Å². The Bertz CT molecular complexity index is 556. The van der Waals surface area contributed by atoms with E-state index in [-0.39, 0.29) is 11.2 Å². The first-order chi connectivity index (χ1) is 9.54. The zero-order valence-electron chi connectivity index (χ0n) is 11.9. The largest absolute Gasteiger partial charge is 0.281 e. The molecule has 0 amide bonds. The van der Waals surface area contributed by atoms with E-state index in [1.54, 1.807) is 0 Å². The van der Waals surface area contributed by atoms with Crippen LogP contribution >= 0.6 is 11.6 Å². The normalized spacial score (nSPS) is 10.8. The van der Waals surface area contributed by atoms with E-state index in [9.17, 15) is 4.79 Å². The van der Waals surface area contributed by atoms with Crippen molar-refractivity contribution in [2.45, 2.75) is 26.7 Å². The summed E-state index contributed by atoms with van der Waals surface area (Å²) in [6, 6.07) is 16.5. The van der Waals surface area contributed by atoms with Crippen LogP contribution in [0.3, 0.4) is 0 Å². The second kappa shape index (κ2) is 6.71. The highest BCUT2D eigenvalue weighted by molar-refractivity contribution is 6.64. The summed E-state index contributed by atoms with van der Waals surface area (Å²) in [4.78, 5) is 11.7. The molecule has 0 saturated carbocycles. The molecule has 0 atom stereocenters.